The third kappa shape index (κ3) is 5.35. The lowest BCUT2D eigenvalue weighted by molar-refractivity contribution is 0.00991. The fraction of sp³-hybridized carbons (Fsp3) is 0.680. The first kappa shape index (κ1) is 22.2. The van der Waals surface area contributed by atoms with E-state index in [2.05, 4.69) is 45.9 Å². The molecule has 1 N–H and O–H groups in total. The van der Waals surface area contributed by atoms with Crippen molar-refractivity contribution in [1.29, 1.82) is 0 Å². The lowest BCUT2D eigenvalue weighted by Crippen LogP contribution is -2.45. The summed E-state index contributed by atoms with van der Waals surface area (Å²) in [7, 11) is 0. The topological polar surface area (TPSA) is 47.9 Å². The Morgan fingerprint density at radius 3 is 2.76 bits per heavy atom. The third-order valence-corrected chi connectivity index (χ3v) is 6.30. The van der Waals surface area contributed by atoms with E-state index in [4.69, 9.17) is 19.3 Å². The third-order valence-electron chi connectivity index (χ3n) is 6.30. The second-order valence-corrected chi connectivity index (χ2v) is 9.04. The molecule has 0 saturated heterocycles. The molecule has 1 aliphatic heterocycles. The van der Waals surface area contributed by atoms with Crippen LogP contribution in [0.3, 0.4) is 0 Å². The van der Waals surface area contributed by atoms with Gasteiger partial charge in [-0.15, -0.1) is 0 Å². The van der Waals surface area contributed by atoms with Crippen LogP contribution in [-0.4, -0.2) is 37.1 Å². The van der Waals surface area contributed by atoms with Gasteiger partial charge in [-0.05, 0) is 64.2 Å². The van der Waals surface area contributed by atoms with Crippen molar-refractivity contribution < 1.29 is 19.3 Å². The summed E-state index contributed by atoms with van der Waals surface area (Å²) in [4.78, 5) is 0. The minimum atomic E-state index is -0.182. The van der Waals surface area contributed by atoms with Crippen LogP contribution in [0.4, 0.5) is 0 Å². The van der Waals surface area contributed by atoms with Gasteiger partial charge in [0, 0.05) is 17.4 Å². The summed E-state index contributed by atoms with van der Waals surface area (Å²) in [5.41, 5.74) is 3.77. The van der Waals surface area contributed by atoms with Crippen LogP contribution in [0.5, 0.6) is 11.5 Å². The molecule has 0 aromatic heterocycles. The van der Waals surface area contributed by atoms with Gasteiger partial charge in [0.1, 0.15) is 23.7 Å². The highest BCUT2D eigenvalue weighted by molar-refractivity contribution is 5.54. The van der Waals surface area contributed by atoms with Crippen LogP contribution in [0.25, 0.3) is 0 Å². The van der Waals surface area contributed by atoms with Gasteiger partial charge in [0.05, 0.1) is 19.8 Å². The summed E-state index contributed by atoms with van der Waals surface area (Å²) in [6.45, 7) is 10.3. The number of hydrogen-bond donors (Lipinski definition) is 1. The summed E-state index contributed by atoms with van der Waals surface area (Å²) in [6, 6.07) is 4.47. The van der Waals surface area contributed by atoms with Gasteiger partial charge in [-0.3, -0.25) is 0 Å². The molecule has 0 saturated carbocycles. The largest absolute Gasteiger partial charge is 0.491 e. The van der Waals surface area contributed by atoms with Crippen LogP contribution < -0.4 is 9.47 Å². The van der Waals surface area contributed by atoms with Crippen molar-refractivity contribution in [1.82, 2.24) is 0 Å². The van der Waals surface area contributed by atoms with Crippen molar-refractivity contribution in [3.8, 4) is 11.5 Å². The number of aliphatic hydroxyl groups excluding tert-OH is 1. The van der Waals surface area contributed by atoms with Crippen molar-refractivity contribution in [2.24, 2.45) is 5.92 Å². The van der Waals surface area contributed by atoms with E-state index in [-0.39, 0.29) is 12.2 Å². The Morgan fingerprint density at radius 1 is 1.17 bits per heavy atom. The van der Waals surface area contributed by atoms with E-state index in [9.17, 15) is 0 Å². The average Bonchev–Trinajstić information content (AvgIpc) is 2.67. The number of hydrogen-bond acceptors (Lipinski definition) is 4. The predicted molar refractivity (Wildman–Crippen MR) is 117 cm³/mol. The predicted octanol–water partition coefficient (Wildman–Crippen LogP) is 5.42. The normalized spacial score (nSPS) is 22.3. The summed E-state index contributed by atoms with van der Waals surface area (Å²) in [6.07, 6.45) is 9.41. The molecule has 4 nitrogen and oxygen atoms in total. The number of aliphatic hydroxyl groups is 1. The number of allylic oxidation sites excluding steroid dienone is 2. The maximum atomic E-state index is 8.89. The minimum Gasteiger partial charge on any atom is -0.491 e. The molecule has 29 heavy (non-hydrogen) atoms. The Hall–Kier alpha value is -1.52. The van der Waals surface area contributed by atoms with Crippen LogP contribution >= 0.6 is 0 Å². The fourth-order valence-corrected chi connectivity index (χ4v) is 4.78. The number of aryl methyl sites for hydroxylation is 1. The highest BCUT2D eigenvalue weighted by Gasteiger charge is 2.45. The van der Waals surface area contributed by atoms with Gasteiger partial charge in [0.25, 0.3) is 0 Å². The van der Waals surface area contributed by atoms with E-state index in [1.165, 1.54) is 36.0 Å². The van der Waals surface area contributed by atoms with Gasteiger partial charge in [0.2, 0.25) is 0 Å². The SMILES string of the molecule is CCCCCc1cc(OCCOCCO)c2c(c1)OC(C)(C)[C@@H]1CCC(C)=C[C@@H]21. The average molecular weight is 403 g/mol. The Morgan fingerprint density at radius 2 is 2.00 bits per heavy atom. The minimum absolute atomic E-state index is 0.0407. The number of ether oxygens (including phenoxy) is 3. The van der Waals surface area contributed by atoms with Crippen LogP contribution in [0.2, 0.25) is 0 Å². The van der Waals surface area contributed by atoms with Crippen LogP contribution in [0, 0.1) is 5.92 Å². The second kappa shape index (κ2) is 9.99. The zero-order chi connectivity index (χ0) is 20.9. The number of unbranched alkanes of at least 4 members (excludes halogenated alkanes) is 2. The summed E-state index contributed by atoms with van der Waals surface area (Å²) in [5, 5.41) is 8.89. The molecule has 162 valence electrons. The molecule has 1 heterocycles. The van der Waals surface area contributed by atoms with Crippen molar-refractivity contribution in [2.45, 2.75) is 77.7 Å². The van der Waals surface area contributed by atoms with Crippen molar-refractivity contribution in [3.05, 3.63) is 34.9 Å². The highest BCUT2D eigenvalue weighted by atomic mass is 16.5. The molecule has 0 amide bonds. The molecule has 1 aromatic rings. The van der Waals surface area contributed by atoms with Gasteiger partial charge in [-0.25, -0.2) is 0 Å². The summed E-state index contributed by atoms with van der Waals surface area (Å²) in [5.74, 6) is 2.72. The Balaban J connectivity index is 1.92. The Bertz CT molecular complexity index is 707. The molecule has 0 bridgehead atoms. The number of rotatable bonds is 10. The second-order valence-electron chi connectivity index (χ2n) is 9.04. The van der Waals surface area contributed by atoms with E-state index in [1.54, 1.807) is 0 Å². The number of benzene rings is 1. The maximum Gasteiger partial charge on any atom is 0.127 e. The van der Waals surface area contributed by atoms with Gasteiger partial charge in [0.15, 0.2) is 0 Å². The first-order valence-electron chi connectivity index (χ1n) is 11.3. The maximum absolute atomic E-state index is 8.89. The molecule has 4 heteroatoms. The molecule has 2 atom stereocenters. The van der Waals surface area contributed by atoms with E-state index >= 15 is 0 Å². The molecule has 0 spiro atoms. The van der Waals surface area contributed by atoms with Gasteiger partial charge >= 0.3 is 0 Å². The lowest BCUT2D eigenvalue weighted by Gasteiger charge is -2.46. The van der Waals surface area contributed by atoms with E-state index in [0.29, 0.717) is 31.7 Å². The monoisotopic (exact) mass is 402 g/mol. The molecule has 0 unspecified atom stereocenters. The van der Waals surface area contributed by atoms with E-state index in [1.807, 2.05) is 0 Å². The molecule has 0 fully saturated rings. The summed E-state index contributed by atoms with van der Waals surface area (Å²) < 4.78 is 18.2. The van der Waals surface area contributed by atoms with Gasteiger partial charge in [-0.2, -0.15) is 0 Å². The van der Waals surface area contributed by atoms with Crippen molar-refractivity contribution in [3.63, 3.8) is 0 Å². The van der Waals surface area contributed by atoms with Crippen LogP contribution in [-0.2, 0) is 11.2 Å². The van der Waals surface area contributed by atoms with Gasteiger partial charge in [-0.1, -0.05) is 31.4 Å². The molecule has 1 aromatic carbocycles. The zero-order valence-electron chi connectivity index (χ0n) is 18.6. The first-order valence-corrected chi connectivity index (χ1v) is 11.3. The molecule has 1 aliphatic carbocycles. The Labute approximate surface area is 176 Å². The van der Waals surface area contributed by atoms with Gasteiger partial charge < -0.3 is 19.3 Å². The molecular weight excluding hydrogens is 364 g/mol. The standard InChI is InChI=1S/C25H38O4/c1-5-6-7-8-19-16-22(28-14-13-27-12-11-26)24-20-15-18(2)9-10-21(20)25(3,4)29-23(24)17-19/h15-17,20-21,26H,5-14H2,1-4H3/t20-,21-/m1/s1. The highest BCUT2D eigenvalue weighted by Crippen LogP contribution is 2.53. The fourth-order valence-electron chi connectivity index (χ4n) is 4.78. The van der Waals surface area contributed by atoms with E-state index in [0.717, 1.165) is 30.8 Å². The first-order chi connectivity index (χ1) is 14.0. The van der Waals surface area contributed by atoms with Crippen molar-refractivity contribution >= 4 is 0 Å². The molecule has 3 rings (SSSR count). The molecular formula is C25H38O4. The molecule has 2 aliphatic rings. The number of fused-ring (bicyclic) bond motifs is 3. The van der Waals surface area contributed by atoms with E-state index < -0.39 is 0 Å². The van der Waals surface area contributed by atoms with Crippen molar-refractivity contribution in [2.75, 3.05) is 26.4 Å². The zero-order valence-corrected chi connectivity index (χ0v) is 18.6. The smallest absolute Gasteiger partial charge is 0.127 e. The quantitative estimate of drug-likeness (QED) is 0.419. The van der Waals surface area contributed by atoms with Crippen LogP contribution in [0.1, 0.15) is 76.8 Å². The molecule has 0 radical (unpaired) electrons. The Kier molecular flexibility index (Phi) is 7.64. The lowest BCUT2D eigenvalue weighted by atomic mass is 9.68. The van der Waals surface area contributed by atoms with Crippen LogP contribution in [0.15, 0.2) is 23.8 Å². The summed E-state index contributed by atoms with van der Waals surface area (Å²) >= 11 is 0.